The van der Waals surface area contributed by atoms with Crippen molar-refractivity contribution in [3.05, 3.63) is 35.1 Å². The van der Waals surface area contributed by atoms with E-state index in [1.807, 2.05) is 0 Å². The number of unbranched alkanes of at least 4 members (excludes halogenated alkanes) is 6. The van der Waals surface area contributed by atoms with E-state index in [0.29, 0.717) is 17.8 Å². The molecule has 0 radical (unpaired) electrons. The molecule has 31 heavy (non-hydrogen) atoms. The molecule has 0 atom stereocenters. The number of aryl methyl sites for hydroxylation is 1. The SMILES string of the molecule is CCCCCCCc1ccc([C@H]2CC[C@H](C3OCC(CCCCC)CO3)CC2)c(F)c1. The Morgan fingerprint density at radius 2 is 1.52 bits per heavy atom. The highest BCUT2D eigenvalue weighted by Gasteiger charge is 2.33. The van der Waals surface area contributed by atoms with Crippen molar-refractivity contribution in [3.8, 4) is 0 Å². The summed E-state index contributed by atoms with van der Waals surface area (Å²) in [5.74, 6) is 1.39. The maximum Gasteiger partial charge on any atom is 0.160 e. The van der Waals surface area contributed by atoms with Gasteiger partial charge in [-0.1, -0.05) is 70.9 Å². The molecule has 0 aromatic heterocycles. The predicted molar refractivity (Wildman–Crippen MR) is 127 cm³/mol. The van der Waals surface area contributed by atoms with Gasteiger partial charge in [0.05, 0.1) is 13.2 Å². The van der Waals surface area contributed by atoms with E-state index in [2.05, 4.69) is 26.0 Å². The first-order valence-electron chi connectivity index (χ1n) is 13.2. The summed E-state index contributed by atoms with van der Waals surface area (Å²) in [4.78, 5) is 0. The highest BCUT2D eigenvalue weighted by molar-refractivity contribution is 5.27. The van der Waals surface area contributed by atoms with Gasteiger partial charge >= 0.3 is 0 Å². The number of halogens is 1. The molecule has 3 heteroatoms. The van der Waals surface area contributed by atoms with Crippen molar-refractivity contribution in [1.82, 2.24) is 0 Å². The zero-order valence-electron chi connectivity index (χ0n) is 20.0. The molecule has 0 spiro atoms. The van der Waals surface area contributed by atoms with Crippen LogP contribution in [-0.2, 0) is 15.9 Å². The van der Waals surface area contributed by atoms with Gasteiger partial charge in [0.2, 0.25) is 0 Å². The van der Waals surface area contributed by atoms with E-state index in [4.69, 9.17) is 9.47 Å². The Morgan fingerprint density at radius 3 is 2.19 bits per heavy atom. The minimum Gasteiger partial charge on any atom is -0.352 e. The smallest absolute Gasteiger partial charge is 0.160 e. The van der Waals surface area contributed by atoms with E-state index in [1.54, 1.807) is 6.07 Å². The van der Waals surface area contributed by atoms with Crippen LogP contribution in [0.3, 0.4) is 0 Å². The van der Waals surface area contributed by atoms with Gasteiger partial charge in [0.15, 0.2) is 6.29 Å². The van der Waals surface area contributed by atoms with E-state index in [0.717, 1.165) is 56.4 Å². The molecular weight excluding hydrogens is 387 g/mol. The van der Waals surface area contributed by atoms with Gasteiger partial charge in [0.1, 0.15) is 5.82 Å². The molecule has 1 aliphatic heterocycles. The second-order valence-corrected chi connectivity index (χ2v) is 10.0. The average molecular weight is 433 g/mol. The molecule has 1 saturated carbocycles. The van der Waals surface area contributed by atoms with Crippen LogP contribution < -0.4 is 0 Å². The maximum absolute atomic E-state index is 14.8. The number of rotatable bonds is 12. The van der Waals surface area contributed by atoms with E-state index >= 15 is 0 Å². The quantitative estimate of drug-likeness (QED) is 0.310. The van der Waals surface area contributed by atoms with Crippen LogP contribution in [0.25, 0.3) is 0 Å². The zero-order chi connectivity index (χ0) is 21.9. The highest BCUT2D eigenvalue weighted by atomic mass is 19.1. The van der Waals surface area contributed by atoms with Crippen LogP contribution in [0.1, 0.15) is 114 Å². The fourth-order valence-corrected chi connectivity index (χ4v) is 5.37. The summed E-state index contributed by atoms with van der Waals surface area (Å²) >= 11 is 0. The van der Waals surface area contributed by atoms with Crippen molar-refractivity contribution in [2.45, 2.75) is 116 Å². The summed E-state index contributed by atoms with van der Waals surface area (Å²) < 4.78 is 27.1. The summed E-state index contributed by atoms with van der Waals surface area (Å²) in [6.45, 7) is 6.18. The highest BCUT2D eigenvalue weighted by Crippen LogP contribution is 2.40. The van der Waals surface area contributed by atoms with Crippen molar-refractivity contribution >= 4 is 0 Å². The Labute approximate surface area is 190 Å². The van der Waals surface area contributed by atoms with Crippen LogP contribution in [0.15, 0.2) is 18.2 Å². The van der Waals surface area contributed by atoms with Gasteiger partial charge in [-0.3, -0.25) is 0 Å². The molecule has 2 nitrogen and oxygen atoms in total. The Hall–Kier alpha value is -0.930. The van der Waals surface area contributed by atoms with E-state index in [9.17, 15) is 4.39 Å². The third-order valence-electron chi connectivity index (χ3n) is 7.44. The fraction of sp³-hybridized carbons (Fsp3) is 0.786. The summed E-state index contributed by atoms with van der Waals surface area (Å²) in [6, 6.07) is 6.03. The summed E-state index contributed by atoms with van der Waals surface area (Å²) in [5, 5.41) is 0. The monoisotopic (exact) mass is 432 g/mol. The maximum atomic E-state index is 14.8. The molecule has 2 fully saturated rings. The third kappa shape index (κ3) is 7.86. The standard InChI is InChI=1S/C28H45FO2/c1-3-5-7-8-10-11-22-13-18-26(27(29)19-22)24-14-16-25(17-15-24)28-30-20-23(21-31-28)12-9-6-4-2/h13,18-19,23-25,28H,3-12,14-17,20-21H2,1-2H3/t23?,24-,25-,28?. The van der Waals surface area contributed by atoms with Crippen LogP contribution in [0.4, 0.5) is 4.39 Å². The topological polar surface area (TPSA) is 18.5 Å². The van der Waals surface area contributed by atoms with Crippen LogP contribution in [0.2, 0.25) is 0 Å². The Balaban J connectivity index is 1.39. The molecule has 0 amide bonds. The first-order valence-corrected chi connectivity index (χ1v) is 13.2. The Morgan fingerprint density at radius 1 is 0.839 bits per heavy atom. The normalized spacial score (nSPS) is 26.8. The van der Waals surface area contributed by atoms with Crippen molar-refractivity contribution in [2.75, 3.05) is 13.2 Å². The lowest BCUT2D eigenvalue weighted by Gasteiger charge is -2.37. The molecule has 0 unspecified atom stereocenters. The summed E-state index contributed by atoms with van der Waals surface area (Å²) in [7, 11) is 0. The summed E-state index contributed by atoms with van der Waals surface area (Å²) in [6.07, 6.45) is 16.6. The molecule has 0 bridgehead atoms. The molecule has 1 aliphatic carbocycles. The van der Waals surface area contributed by atoms with Crippen molar-refractivity contribution in [2.24, 2.45) is 11.8 Å². The number of hydrogen-bond donors (Lipinski definition) is 0. The van der Waals surface area contributed by atoms with Crippen LogP contribution in [0, 0.1) is 17.7 Å². The van der Waals surface area contributed by atoms with Gasteiger partial charge in [-0.05, 0) is 68.1 Å². The second-order valence-electron chi connectivity index (χ2n) is 10.0. The molecular formula is C28H45FO2. The molecule has 1 heterocycles. The minimum absolute atomic E-state index is 0.00888. The van der Waals surface area contributed by atoms with Gasteiger partial charge < -0.3 is 9.47 Å². The molecule has 3 rings (SSSR count). The van der Waals surface area contributed by atoms with Gasteiger partial charge in [-0.25, -0.2) is 4.39 Å². The first-order chi connectivity index (χ1) is 15.2. The Bertz CT molecular complexity index is 615. The molecule has 1 aromatic carbocycles. The van der Waals surface area contributed by atoms with Crippen molar-refractivity contribution < 1.29 is 13.9 Å². The Kier molecular flexibility index (Phi) is 10.8. The molecule has 2 aliphatic rings. The van der Waals surface area contributed by atoms with Gasteiger partial charge in [-0.15, -0.1) is 0 Å². The zero-order valence-corrected chi connectivity index (χ0v) is 20.0. The van der Waals surface area contributed by atoms with E-state index in [1.165, 1.54) is 57.8 Å². The number of benzene rings is 1. The molecule has 1 saturated heterocycles. The predicted octanol–water partition coefficient (Wildman–Crippen LogP) is 8.18. The van der Waals surface area contributed by atoms with Gasteiger partial charge in [-0.2, -0.15) is 0 Å². The van der Waals surface area contributed by atoms with Crippen LogP contribution in [0.5, 0.6) is 0 Å². The van der Waals surface area contributed by atoms with E-state index in [-0.39, 0.29) is 12.1 Å². The fourth-order valence-electron chi connectivity index (χ4n) is 5.37. The van der Waals surface area contributed by atoms with Crippen molar-refractivity contribution in [3.63, 3.8) is 0 Å². The lowest BCUT2D eigenvalue weighted by molar-refractivity contribution is -0.229. The lowest BCUT2D eigenvalue weighted by Crippen LogP contribution is -2.38. The first kappa shape index (κ1) is 24.7. The van der Waals surface area contributed by atoms with Crippen LogP contribution >= 0.6 is 0 Å². The number of hydrogen-bond acceptors (Lipinski definition) is 2. The number of ether oxygens (including phenoxy) is 2. The molecule has 0 N–H and O–H groups in total. The largest absolute Gasteiger partial charge is 0.352 e. The lowest BCUT2D eigenvalue weighted by atomic mass is 9.78. The van der Waals surface area contributed by atoms with E-state index < -0.39 is 0 Å². The van der Waals surface area contributed by atoms with Crippen LogP contribution in [-0.4, -0.2) is 19.5 Å². The summed E-state index contributed by atoms with van der Waals surface area (Å²) in [5.41, 5.74) is 2.08. The third-order valence-corrected chi connectivity index (χ3v) is 7.44. The van der Waals surface area contributed by atoms with Gasteiger partial charge in [0.25, 0.3) is 0 Å². The average Bonchev–Trinajstić information content (AvgIpc) is 2.80. The molecule has 1 aromatic rings. The second kappa shape index (κ2) is 13.6. The van der Waals surface area contributed by atoms with Gasteiger partial charge in [0, 0.05) is 11.8 Å². The molecule has 176 valence electrons. The minimum atomic E-state index is -0.0386. The van der Waals surface area contributed by atoms with Crippen molar-refractivity contribution in [1.29, 1.82) is 0 Å².